The highest BCUT2D eigenvalue weighted by Gasteiger charge is 2.38. The van der Waals surface area contributed by atoms with Gasteiger partial charge in [0.15, 0.2) is 5.58 Å². The van der Waals surface area contributed by atoms with E-state index in [0.717, 1.165) is 50.1 Å². The molecule has 10 rings (SSSR count). The summed E-state index contributed by atoms with van der Waals surface area (Å²) in [6.07, 6.45) is 0. The molecule has 0 bridgehead atoms. The molecule has 2 nitrogen and oxygen atoms in total. The minimum Gasteiger partial charge on any atom is -0.454 e. The van der Waals surface area contributed by atoms with Crippen molar-refractivity contribution >= 4 is 39.0 Å². The standard InChI is InChI=1S/C51H37NO/c1-51(2)42-24-11-9-21-41(42)49-43(51)25-15-27-45(49)52(46-28-14-23-40-39-20-10-12-29-47(39)53-50(40)46)44-26-13-22-38(36-18-7-4-8-19-36)48(44)37-32-30-35(31-33-37)34-16-5-3-6-17-34/h3-33H,1-2H3. The molecule has 0 saturated heterocycles. The number of hydrogen-bond donors (Lipinski definition) is 0. The third kappa shape index (κ3) is 4.94. The first-order chi connectivity index (χ1) is 26.1. The van der Waals surface area contributed by atoms with Gasteiger partial charge in [-0.25, -0.2) is 0 Å². The molecule has 0 fully saturated rings. The molecule has 0 aliphatic heterocycles. The lowest BCUT2D eigenvalue weighted by Crippen LogP contribution is -2.16. The van der Waals surface area contributed by atoms with Crippen LogP contribution in [-0.2, 0) is 5.41 Å². The molecule has 0 unspecified atom stereocenters. The first-order valence-electron chi connectivity index (χ1n) is 18.4. The van der Waals surface area contributed by atoms with Crippen molar-refractivity contribution in [3.05, 3.63) is 199 Å². The van der Waals surface area contributed by atoms with Crippen LogP contribution in [0, 0.1) is 0 Å². The molecule has 0 N–H and O–H groups in total. The first kappa shape index (κ1) is 31.1. The second kappa shape index (κ2) is 12.3. The fraction of sp³-hybridized carbons (Fsp3) is 0.0588. The number of furan rings is 1. The van der Waals surface area contributed by atoms with Crippen molar-refractivity contribution in [1.82, 2.24) is 0 Å². The highest BCUT2D eigenvalue weighted by molar-refractivity contribution is 6.12. The van der Waals surface area contributed by atoms with Crippen molar-refractivity contribution in [2.24, 2.45) is 0 Å². The van der Waals surface area contributed by atoms with Crippen molar-refractivity contribution < 1.29 is 4.42 Å². The van der Waals surface area contributed by atoms with Crippen molar-refractivity contribution in [3.8, 4) is 44.5 Å². The summed E-state index contributed by atoms with van der Waals surface area (Å²) in [6.45, 7) is 4.70. The molecule has 252 valence electrons. The van der Waals surface area contributed by atoms with Gasteiger partial charge in [0, 0.05) is 27.3 Å². The maximum Gasteiger partial charge on any atom is 0.159 e. The van der Waals surface area contributed by atoms with Gasteiger partial charge in [0.1, 0.15) is 5.58 Å². The fourth-order valence-electron chi connectivity index (χ4n) is 8.57. The predicted octanol–water partition coefficient (Wildman–Crippen LogP) is 14.4. The molecule has 0 radical (unpaired) electrons. The van der Waals surface area contributed by atoms with Crippen LogP contribution in [0.1, 0.15) is 25.0 Å². The zero-order valence-corrected chi connectivity index (χ0v) is 29.8. The molecule has 1 heterocycles. The van der Waals surface area contributed by atoms with Crippen molar-refractivity contribution in [3.63, 3.8) is 0 Å². The van der Waals surface area contributed by atoms with E-state index in [1.165, 1.54) is 44.5 Å². The summed E-state index contributed by atoms with van der Waals surface area (Å²) in [4.78, 5) is 2.47. The number of rotatable bonds is 6. The molecule has 1 aliphatic carbocycles. The van der Waals surface area contributed by atoms with E-state index in [9.17, 15) is 0 Å². The maximum absolute atomic E-state index is 6.82. The Morgan fingerprint density at radius 3 is 1.70 bits per heavy atom. The van der Waals surface area contributed by atoms with Gasteiger partial charge in [-0.15, -0.1) is 0 Å². The summed E-state index contributed by atoms with van der Waals surface area (Å²) in [5.41, 5.74) is 17.1. The lowest BCUT2D eigenvalue weighted by molar-refractivity contribution is 0.660. The maximum atomic E-state index is 6.82. The molecule has 9 aromatic rings. The predicted molar refractivity (Wildman–Crippen MR) is 222 cm³/mol. The van der Waals surface area contributed by atoms with E-state index in [1.807, 2.05) is 6.07 Å². The van der Waals surface area contributed by atoms with Crippen LogP contribution in [-0.4, -0.2) is 0 Å². The van der Waals surface area contributed by atoms with Gasteiger partial charge in [-0.2, -0.15) is 0 Å². The minimum absolute atomic E-state index is 0.152. The number of fused-ring (bicyclic) bond motifs is 6. The largest absolute Gasteiger partial charge is 0.454 e. The Hall–Kier alpha value is -6.64. The molecular weight excluding hydrogens is 643 g/mol. The van der Waals surface area contributed by atoms with Gasteiger partial charge in [-0.3, -0.25) is 0 Å². The first-order valence-corrected chi connectivity index (χ1v) is 18.4. The Bertz CT molecular complexity index is 2790. The lowest BCUT2D eigenvalue weighted by Gasteiger charge is -2.31. The average Bonchev–Trinajstić information content (AvgIpc) is 3.72. The average molecular weight is 680 g/mol. The summed E-state index contributed by atoms with van der Waals surface area (Å²) in [5.74, 6) is 0. The van der Waals surface area contributed by atoms with Gasteiger partial charge >= 0.3 is 0 Å². The zero-order chi connectivity index (χ0) is 35.5. The highest BCUT2D eigenvalue weighted by atomic mass is 16.3. The van der Waals surface area contributed by atoms with Gasteiger partial charge in [-0.1, -0.05) is 178 Å². The van der Waals surface area contributed by atoms with Crippen molar-refractivity contribution in [2.75, 3.05) is 4.90 Å². The van der Waals surface area contributed by atoms with Crippen LogP contribution in [0.25, 0.3) is 66.4 Å². The molecule has 8 aromatic carbocycles. The van der Waals surface area contributed by atoms with Crippen molar-refractivity contribution in [2.45, 2.75) is 19.3 Å². The fourth-order valence-corrected chi connectivity index (χ4v) is 8.57. The van der Waals surface area contributed by atoms with Gasteiger partial charge < -0.3 is 9.32 Å². The van der Waals surface area contributed by atoms with E-state index < -0.39 is 0 Å². The number of hydrogen-bond acceptors (Lipinski definition) is 2. The van der Waals surface area contributed by atoms with Crippen LogP contribution >= 0.6 is 0 Å². The summed E-state index contributed by atoms with van der Waals surface area (Å²) < 4.78 is 6.82. The molecule has 0 spiro atoms. The van der Waals surface area contributed by atoms with E-state index in [1.54, 1.807) is 0 Å². The van der Waals surface area contributed by atoms with E-state index in [-0.39, 0.29) is 5.41 Å². The third-order valence-corrected chi connectivity index (χ3v) is 11.1. The molecule has 1 aromatic heterocycles. The number of benzene rings is 8. The van der Waals surface area contributed by atoms with E-state index in [0.29, 0.717) is 0 Å². The van der Waals surface area contributed by atoms with E-state index in [4.69, 9.17) is 4.42 Å². The molecule has 1 aliphatic rings. The topological polar surface area (TPSA) is 16.4 Å². The Balaban J connectivity index is 1.31. The van der Waals surface area contributed by atoms with Crippen LogP contribution in [0.3, 0.4) is 0 Å². The quantitative estimate of drug-likeness (QED) is 0.174. The van der Waals surface area contributed by atoms with Gasteiger partial charge in [0.2, 0.25) is 0 Å². The SMILES string of the molecule is CC1(C)c2ccccc2-c2c(N(c3cccc(-c4ccccc4)c3-c3ccc(-c4ccccc4)cc3)c3cccc4c3oc3ccccc34)cccc21. The third-order valence-electron chi connectivity index (χ3n) is 11.1. The smallest absolute Gasteiger partial charge is 0.159 e. The van der Waals surface area contributed by atoms with Crippen LogP contribution in [0.4, 0.5) is 17.1 Å². The lowest BCUT2D eigenvalue weighted by atomic mass is 9.82. The monoisotopic (exact) mass is 679 g/mol. The normalized spacial score (nSPS) is 12.9. The summed E-state index contributed by atoms with van der Waals surface area (Å²) in [7, 11) is 0. The second-order valence-corrected chi connectivity index (χ2v) is 14.5. The number of para-hydroxylation sites is 2. The molecular formula is C51H37NO. The summed E-state index contributed by atoms with van der Waals surface area (Å²) in [6, 6.07) is 67.8. The minimum atomic E-state index is -0.152. The zero-order valence-electron chi connectivity index (χ0n) is 29.8. The Kier molecular flexibility index (Phi) is 7.19. The summed E-state index contributed by atoms with van der Waals surface area (Å²) in [5, 5.41) is 2.22. The molecule has 2 heteroatoms. The van der Waals surface area contributed by atoms with Gasteiger partial charge in [0.05, 0.1) is 17.1 Å². The van der Waals surface area contributed by atoms with Crippen LogP contribution in [0.5, 0.6) is 0 Å². The molecule has 0 amide bonds. The highest BCUT2D eigenvalue weighted by Crippen LogP contribution is 2.56. The number of nitrogens with zero attached hydrogens (tertiary/aromatic N) is 1. The van der Waals surface area contributed by atoms with Gasteiger partial charge in [0.25, 0.3) is 0 Å². The van der Waals surface area contributed by atoms with Gasteiger partial charge in [-0.05, 0) is 68.8 Å². The Labute approximate surface area is 310 Å². The van der Waals surface area contributed by atoms with Crippen LogP contribution < -0.4 is 4.90 Å². The van der Waals surface area contributed by atoms with E-state index >= 15 is 0 Å². The molecule has 0 saturated carbocycles. The van der Waals surface area contributed by atoms with E-state index in [2.05, 4.69) is 201 Å². The Morgan fingerprint density at radius 1 is 0.377 bits per heavy atom. The summed E-state index contributed by atoms with van der Waals surface area (Å²) >= 11 is 0. The molecule has 0 atom stereocenters. The van der Waals surface area contributed by atoms with Crippen LogP contribution in [0.2, 0.25) is 0 Å². The van der Waals surface area contributed by atoms with Crippen molar-refractivity contribution in [1.29, 1.82) is 0 Å². The Morgan fingerprint density at radius 2 is 0.906 bits per heavy atom. The molecule has 53 heavy (non-hydrogen) atoms. The second-order valence-electron chi connectivity index (χ2n) is 14.5. The van der Waals surface area contributed by atoms with Crippen LogP contribution in [0.15, 0.2) is 192 Å². The number of anilines is 3.